The van der Waals surface area contributed by atoms with E-state index in [4.69, 9.17) is 4.74 Å². The number of nitrogens with zero attached hydrogens (tertiary/aromatic N) is 1. The van der Waals surface area contributed by atoms with Crippen LogP contribution in [0.25, 0.3) is 0 Å². The fraction of sp³-hybridized carbons (Fsp3) is 0.538. The van der Waals surface area contributed by atoms with Gasteiger partial charge in [-0.15, -0.1) is 0 Å². The van der Waals surface area contributed by atoms with Crippen molar-refractivity contribution in [1.82, 2.24) is 0 Å². The average molecular weight is 261 g/mol. The van der Waals surface area contributed by atoms with Crippen molar-refractivity contribution in [3.63, 3.8) is 0 Å². The molecule has 0 aliphatic heterocycles. The molecule has 5 heteroatoms. The molecule has 102 valence electrons. The van der Waals surface area contributed by atoms with Gasteiger partial charge in [-0.2, -0.15) is 13.2 Å². The molecule has 0 N–H and O–H groups in total. The Bertz CT molecular complexity index is 441. The summed E-state index contributed by atoms with van der Waals surface area (Å²) in [5, 5.41) is 0. The molecule has 1 aromatic carbocycles. The van der Waals surface area contributed by atoms with Crippen LogP contribution in [0.15, 0.2) is 6.07 Å². The lowest BCUT2D eigenvalue weighted by atomic mass is 10.0. The number of aryl methyl sites for hydroxylation is 1. The molecule has 0 aromatic heterocycles. The summed E-state index contributed by atoms with van der Waals surface area (Å²) in [5.74, 6) is 0.703. The van der Waals surface area contributed by atoms with Gasteiger partial charge in [0.1, 0.15) is 12.3 Å². The van der Waals surface area contributed by atoms with Crippen molar-refractivity contribution in [2.24, 2.45) is 0 Å². The van der Waals surface area contributed by atoms with Crippen LogP contribution in [0.2, 0.25) is 0 Å². The number of alkyl halides is 3. The molecule has 0 aliphatic rings. The molecule has 0 saturated carbocycles. The lowest BCUT2D eigenvalue weighted by Crippen LogP contribution is -2.32. The number of ether oxygens (including phenoxy) is 1. The molecule has 1 aromatic rings. The van der Waals surface area contributed by atoms with E-state index in [9.17, 15) is 13.2 Å². The summed E-state index contributed by atoms with van der Waals surface area (Å²) in [4.78, 5) is 1.23. The summed E-state index contributed by atoms with van der Waals surface area (Å²) in [6.45, 7) is 4.49. The number of methoxy groups -OCH3 is 1. The Morgan fingerprint density at radius 1 is 1.17 bits per heavy atom. The van der Waals surface area contributed by atoms with E-state index in [2.05, 4.69) is 0 Å². The Morgan fingerprint density at radius 3 is 2.17 bits per heavy atom. The molecule has 0 spiro atoms. The summed E-state index contributed by atoms with van der Waals surface area (Å²) in [6.07, 6.45) is -4.21. The van der Waals surface area contributed by atoms with Crippen LogP contribution in [0.3, 0.4) is 0 Å². The largest absolute Gasteiger partial charge is 0.496 e. The van der Waals surface area contributed by atoms with Gasteiger partial charge in [-0.05, 0) is 43.5 Å². The van der Waals surface area contributed by atoms with Crippen molar-refractivity contribution < 1.29 is 17.9 Å². The Balaban J connectivity index is 3.21. The normalized spacial score (nSPS) is 11.6. The first kappa shape index (κ1) is 14.7. The third-order valence-electron chi connectivity index (χ3n) is 3.03. The van der Waals surface area contributed by atoms with E-state index in [1.54, 1.807) is 20.1 Å². The van der Waals surface area contributed by atoms with Crippen molar-refractivity contribution in [1.29, 1.82) is 0 Å². The number of halogens is 3. The molecule has 0 saturated heterocycles. The van der Waals surface area contributed by atoms with Gasteiger partial charge in [0.05, 0.1) is 7.11 Å². The van der Waals surface area contributed by atoms with Gasteiger partial charge in [-0.25, -0.2) is 0 Å². The molecule has 0 fully saturated rings. The molecule has 0 aliphatic carbocycles. The SMILES string of the molecule is COc1cc(C)c(N(C)CC(F)(F)F)c(C)c1C. The van der Waals surface area contributed by atoms with Crippen LogP contribution in [-0.4, -0.2) is 26.9 Å². The summed E-state index contributed by atoms with van der Waals surface area (Å²) in [7, 11) is 3.01. The van der Waals surface area contributed by atoms with Crippen molar-refractivity contribution in [2.45, 2.75) is 26.9 Å². The monoisotopic (exact) mass is 261 g/mol. The van der Waals surface area contributed by atoms with Gasteiger partial charge in [-0.1, -0.05) is 0 Å². The van der Waals surface area contributed by atoms with Crippen LogP contribution < -0.4 is 9.64 Å². The van der Waals surface area contributed by atoms with Gasteiger partial charge in [0.2, 0.25) is 0 Å². The summed E-state index contributed by atoms with van der Waals surface area (Å²) >= 11 is 0. The van der Waals surface area contributed by atoms with Crippen molar-refractivity contribution in [3.8, 4) is 5.75 Å². The quantitative estimate of drug-likeness (QED) is 0.824. The number of benzene rings is 1. The van der Waals surface area contributed by atoms with Gasteiger partial charge in [0.15, 0.2) is 0 Å². The summed E-state index contributed by atoms with van der Waals surface area (Å²) in [5.41, 5.74) is 3.08. The highest BCUT2D eigenvalue weighted by atomic mass is 19.4. The van der Waals surface area contributed by atoms with E-state index in [-0.39, 0.29) is 0 Å². The Kier molecular flexibility index (Phi) is 4.14. The maximum absolute atomic E-state index is 12.4. The first-order valence-electron chi connectivity index (χ1n) is 5.60. The fourth-order valence-electron chi connectivity index (χ4n) is 2.18. The Morgan fingerprint density at radius 2 is 1.72 bits per heavy atom. The number of hydrogen-bond acceptors (Lipinski definition) is 2. The molecule has 0 atom stereocenters. The highest BCUT2D eigenvalue weighted by Crippen LogP contribution is 2.34. The predicted molar refractivity (Wildman–Crippen MR) is 66.5 cm³/mol. The minimum Gasteiger partial charge on any atom is -0.496 e. The summed E-state index contributed by atoms with van der Waals surface area (Å²) < 4.78 is 42.5. The van der Waals surface area contributed by atoms with Crippen LogP contribution in [-0.2, 0) is 0 Å². The van der Waals surface area contributed by atoms with E-state index < -0.39 is 12.7 Å². The Hall–Kier alpha value is -1.39. The second-order valence-corrected chi connectivity index (χ2v) is 4.47. The molecule has 18 heavy (non-hydrogen) atoms. The van der Waals surface area contributed by atoms with Gasteiger partial charge in [0, 0.05) is 12.7 Å². The summed E-state index contributed by atoms with van der Waals surface area (Å²) in [6, 6.07) is 1.77. The maximum atomic E-state index is 12.4. The standard InChI is InChI=1S/C13H18F3NO/c1-8-6-11(18-5)9(2)10(3)12(8)17(4)7-13(14,15)16/h6H,7H2,1-5H3. The van der Waals surface area contributed by atoms with Crippen LogP contribution in [0.1, 0.15) is 16.7 Å². The fourth-order valence-corrected chi connectivity index (χ4v) is 2.18. The molecular weight excluding hydrogens is 243 g/mol. The number of hydrogen-bond donors (Lipinski definition) is 0. The third-order valence-corrected chi connectivity index (χ3v) is 3.03. The van der Waals surface area contributed by atoms with Crippen LogP contribution in [0.5, 0.6) is 5.75 Å². The van der Waals surface area contributed by atoms with E-state index in [0.717, 1.165) is 16.7 Å². The molecule has 2 nitrogen and oxygen atoms in total. The molecule has 0 bridgehead atoms. The van der Waals surface area contributed by atoms with E-state index in [0.29, 0.717) is 11.4 Å². The zero-order valence-corrected chi connectivity index (χ0v) is 11.3. The van der Waals surface area contributed by atoms with Crippen LogP contribution >= 0.6 is 0 Å². The molecule has 0 heterocycles. The van der Waals surface area contributed by atoms with Gasteiger partial charge < -0.3 is 9.64 Å². The zero-order valence-electron chi connectivity index (χ0n) is 11.3. The molecule has 1 rings (SSSR count). The second kappa shape index (κ2) is 5.08. The van der Waals surface area contributed by atoms with Crippen molar-refractivity contribution in [2.75, 3.05) is 25.6 Å². The maximum Gasteiger partial charge on any atom is 0.405 e. The minimum absolute atomic E-state index is 0.616. The first-order valence-corrected chi connectivity index (χ1v) is 5.60. The van der Waals surface area contributed by atoms with E-state index >= 15 is 0 Å². The van der Waals surface area contributed by atoms with Crippen LogP contribution in [0, 0.1) is 20.8 Å². The Labute approximate surface area is 105 Å². The smallest absolute Gasteiger partial charge is 0.405 e. The van der Waals surface area contributed by atoms with Gasteiger partial charge in [0.25, 0.3) is 0 Å². The molecule has 0 unspecified atom stereocenters. The number of anilines is 1. The predicted octanol–water partition coefficient (Wildman–Crippen LogP) is 3.62. The molecule has 0 amide bonds. The van der Waals surface area contributed by atoms with Crippen molar-refractivity contribution >= 4 is 5.69 Å². The van der Waals surface area contributed by atoms with Gasteiger partial charge >= 0.3 is 6.18 Å². The molecule has 0 radical (unpaired) electrons. The van der Waals surface area contributed by atoms with Crippen molar-refractivity contribution in [3.05, 3.63) is 22.8 Å². The topological polar surface area (TPSA) is 12.5 Å². The second-order valence-electron chi connectivity index (χ2n) is 4.47. The zero-order chi connectivity index (χ0) is 14.1. The lowest BCUT2D eigenvalue weighted by Gasteiger charge is -2.26. The van der Waals surface area contributed by atoms with Gasteiger partial charge in [-0.3, -0.25) is 0 Å². The lowest BCUT2D eigenvalue weighted by molar-refractivity contribution is -0.119. The highest BCUT2D eigenvalue weighted by Gasteiger charge is 2.30. The van der Waals surface area contributed by atoms with E-state index in [1.165, 1.54) is 11.9 Å². The van der Waals surface area contributed by atoms with Crippen LogP contribution in [0.4, 0.5) is 18.9 Å². The number of rotatable bonds is 3. The first-order chi connectivity index (χ1) is 8.17. The highest BCUT2D eigenvalue weighted by molar-refractivity contribution is 5.64. The third kappa shape index (κ3) is 3.09. The minimum atomic E-state index is -4.21. The molecular formula is C13H18F3NO. The van der Waals surface area contributed by atoms with E-state index in [1.807, 2.05) is 13.8 Å². The average Bonchev–Trinajstić information content (AvgIpc) is 2.20.